The van der Waals surface area contributed by atoms with E-state index in [1.54, 1.807) is 0 Å². The van der Waals surface area contributed by atoms with Crippen molar-refractivity contribution in [2.45, 2.75) is 407 Å². The lowest BCUT2D eigenvalue weighted by molar-refractivity contribution is -0.161. The zero-order valence-corrected chi connectivity index (χ0v) is 63.1. The molecule has 0 aromatic heterocycles. The molecule has 558 valence electrons. The topological polar surface area (TPSA) is 237 Å². The highest BCUT2D eigenvalue weighted by Gasteiger charge is 2.30. The zero-order valence-electron chi connectivity index (χ0n) is 61.3. The van der Waals surface area contributed by atoms with E-state index in [1.807, 2.05) is 0 Å². The normalized spacial score (nSPS) is 14.6. The first kappa shape index (κ1) is 92.1. The Labute approximate surface area is 575 Å². The Balaban J connectivity index is 5.21. The molecule has 0 fully saturated rings. The highest BCUT2D eigenvalue weighted by molar-refractivity contribution is 7.47. The molecule has 3 N–H and O–H groups in total. The summed E-state index contributed by atoms with van der Waals surface area (Å²) in [6.07, 6.45) is 54.2. The van der Waals surface area contributed by atoms with Gasteiger partial charge in [0.25, 0.3) is 0 Å². The van der Waals surface area contributed by atoms with E-state index in [0.717, 1.165) is 102 Å². The second-order valence-corrected chi connectivity index (χ2v) is 30.4. The lowest BCUT2D eigenvalue weighted by Crippen LogP contribution is -2.30. The largest absolute Gasteiger partial charge is 0.472 e. The number of phosphoric ester groups is 2. The number of aliphatic hydroxyl groups excluding tert-OH is 1. The highest BCUT2D eigenvalue weighted by atomic mass is 31.2. The molecule has 94 heavy (non-hydrogen) atoms. The number of carbonyl (C=O) groups excluding carboxylic acids is 4. The van der Waals surface area contributed by atoms with Crippen LogP contribution in [-0.2, 0) is 65.4 Å². The van der Waals surface area contributed by atoms with Crippen LogP contribution in [-0.4, -0.2) is 96.7 Å². The zero-order chi connectivity index (χ0) is 69.3. The highest BCUT2D eigenvalue weighted by Crippen LogP contribution is 2.45. The minimum absolute atomic E-state index is 0.103. The molecule has 0 aliphatic heterocycles. The molecule has 4 unspecified atom stereocenters. The van der Waals surface area contributed by atoms with Crippen molar-refractivity contribution in [2.24, 2.45) is 11.8 Å². The molecular weight excluding hydrogens is 1230 g/mol. The van der Waals surface area contributed by atoms with E-state index < -0.39 is 97.5 Å². The van der Waals surface area contributed by atoms with Crippen molar-refractivity contribution < 1.29 is 80.2 Å². The molecule has 0 aromatic carbocycles. The monoisotopic (exact) mass is 1380 g/mol. The summed E-state index contributed by atoms with van der Waals surface area (Å²) in [7, 11) is -9.91. The summed E-state index contributed by atoms with van der Waals surface area (Å²) in [5.74, 6) is -0.591. The maximum atomic E-state index is 13.1. The molecule has 17 nitrogen and oxygen atoms in total. The fraction of sp³-hybridized carbons (Fsp3) is 0.947. The number of aliphatic hydroxyl groups is 1. The van der Waals surface area contributed by atoms with Crippen LogP contribution in [0.1, 0.15) is 388 Å². The van der Waals surface area contributed by atoms with E-state index in [4.69, 9.17) is 37.0 Å². The molecule has 0 rings (SSSR count). The van der Waals surface area contributed by atoms with Crippen LogP contribution in [0.2, 0.25) is 0 Å². The Hall–Kier alpha value is -1.94. The molecule has 19 heteroatoms. The predicted octanol–water partition coefficient (Wildman–Crippen LogP) is 21.9. The average Bonchev–Trinajstić information content (AvgIpc) is 1.83. The Bertz CT molecular complexity index is 1820. The van der Waals surface area contributed by atoms with Gasteiger partial charge >= 0.3 is 39.5 Å². The Morgan fingerprint density at radius 3 is 0.755 bits per heavy atom. The smallest absolute Gasteiger partial charge is 0.462 e. The van der Waals surface area contributed by atoms with Crippen LogP contribution in [0.3, 0.4) is 0 Å². The molecule has 7 atom stereocenters. The van der Waals surface area contributed by atoms with E-state index in [-0.39, 0.29) is 25.7 Å². The average molecular weight is 1380 g/mol. The maximum absolute atomic E-state index is 13.1. The lowest BCUT2D eigenvalue weighted by Gasteiger charge is -2.21. The fourth-order valence-electron chi connectivity index (χ4n) is 11.4. The second-order valence-electron chi connectivity index (χ2n) is 27.5. The number of carbonyl (C=O) groups is 4. The van der Waals surface area contributed by atoms with E-state index in [0.29, 0.717) is 25.7 Å². The van der Waals surface area contributed by atoms with Crippen molar-refractivity contribution in [3.8, 4) is 0 Å². The molecule has 0 saturated heterocycles. The molecule has 0 bridgehead atoms. The summed E-state index contributed by atoms with van der Waals surface area (Å²) in [5, 5.41) is 10.6. The SMILES string of the molecule is CCCCCCCCCCCCCCCCCCCCCCC(=O)O[C@H](COC(=O)CCCCCCCCCCCCC(C)CC)COP(=O)(O)OC[C@@H](O)COP(=O)(O)OC[C@@H](COC(=O)CCCCCCCCCCCC)OC(=O)CCCCCCCCC(C)CC. The van der Waals surface area contributed by atoms with Gasteiger partial charge in [0.05, 0.1) is 26.4 Å². The molecule has 0 radical (unpaired) electrons. The molecule has 0 spiro atoms. The van der Waals surface area contributed by atoms with Crippen LogP contribution in [0.5, 0.6) is 0 Å². The van der Waals surface area contributed by atoms with Gasteiger partial charge in [0, 0.05) is 25.7 Å². The van der Waals surface area contributed by atoms with Crippen LogP contribution in [0.15, 0.2) is 0 Å². The fourth-order valence-corrected chi connectivity index (χ4v) is 13.0. The van der Waals surface area contributed by atoms with Crippen LogP contribution in [0, 0.1) is 11.8 Å². The lowest BCUT2D eigenvalue weighted by atomic mass is 9.99. The van der Waals surface area contributed by atoms with Crippen molar-refractivity contribution in [1.82, 2.24) is 0 Å². The molecule has 0 heterocycles. The summed E-state index contributed by atoms with van der Waals surface area (Å²) < 4.78 is 68.4. The number of rotatable bonds is 74. The summed E-state index contributed by atoms with van der Waals surface area (Å²) in [6, 6.07) is 0. The molecule has 0 aliphatic rings. The third-order valence-corrected chi connectivity index (χ3v) is 20.1. The van der Waals surface area contributed by atoms with E-state index >= 15 is 0 Å². The van der Waals surface area contributed by atoms with Crippen LogP contribution in [0.25, 0.3) is 0 Å². The maximum Gasteiger partial charge on any atom is 0.472 e. The number of phosphoric acid groups is 2. The van der Waals surface area contributed by atoms with Gasteiger partial charge in [0.1, 0.15) is 19.3 Å². The van der Waals surface area contributed by atoms with Gasteiger partial charge in [-0.1, -0.05) is 337 Å². The number of hydrogen-bond acceptors (Lipinski definition) is 15. The molecule has 0 saturated carbocycles. The van der Waals surface area contributed by atoms with Crippen molar-refractivity contribution in [3.63, 3.8) is 0 Å². The number of unbranched alkanes of at least 4 members (excludes halogenated alkanes) is 42. The van der Waals surface area contributed by atoms with Gasteiger partial charge in [-0.15, -0.1) is 0 Å². The van der Waals surface area contributed by atoms with Crippen molar-refractivity contribution in [2.75, 3.05) is 39.6 Å². The van der Waals surface area contributed by atoms with E-state index in [9.17, 15) is 43.2 Å². The molecule has 0 amide bonds. The third kappa shape index (κ3) is 66.0. The minimum Gasteiger partial charge on any atom is -0.462 e. The molecule has 0 aromatic rings. The third-order valence-electron chi connectivity index (χ3n) is 18.2. The van der Waals surface area contributed by atoms with Gasteiger partial charge in [-0.25, -0.2) is 9.13 Å². The van der Waals surface area contributed by atoms with Crippen LogP contribution in [0.4, 0.5) is 0 Å². The first-order valence-electron chi connectivity index (χ1n) is 39.1. The molecular formula is C75H146O17P2. The van der Waals surface area contributed by atoms with E-state index in [2.05, 4.69) is 41.5 Å². The van der Waals surface area contributed by atoms with Crippen LogP contribution < -0.4 is 0 Å². The Kier molecular flexibility index (Phi) is 65.5. The van der Waals surface area contributed by atoms with Gasteiger partial charge in [-0.2, -0.15) is 0 Å². The van der Waals surface area contributed by atoms with Gasteiger partial charge < -0.3 is 33.8 Å². The van der Waals surface area contributed by atoms with E-state index in [1.165, 1.54) is 205 Å². The van der Waals surface area contributed by atoms with Crippen LogP contribution >= 0.6 is 15.6 Å². The first-order chi connectivity index (χ1) is 45.4. The van der Waals surface area contributed by atoms with Gasteiger partial charge in [0.15, 0.2) is 12.2 Å². The first-order valence-corrected chi connectivity index (χ1v) is 42.1. The van der Waals surface area contributed by atoms with Crippen molar-refractivity contribution in [3.05, 3.63) is 0 Å². The summed E-state index contributed by atoms with van der Waals surface area (Å²) in [6.45, 7) is 9.56. The van der Waals surface area contributed by atoms with Gasteiger partial charge in [-0.05, 0) is 37.5 Å². The Morgan fingerprint density at radius 2 is 0.511 bits per heavy atom. The molecule has 0 aliphatic carbocycles. The standard InChI is InChI=1S/C75H146O17P2/c1-7-11-13-15-17-19-21-22-23-24-25-26-27-28-29-30-36-40-47-53-59-74(79)91-70(63-85-73(78)58-52-46-39-35-32-31-33-37-43-49-55-67(5)9-3)65-89-93(81,82)87-61-69(76)62-88-94(83,84)90-66-71(92-75(80)60-54-48-42-41-44-50-56-68(6)10-4)64-86-72(77)57-51-45-38-34-20-18-16-14-12-8-2/h67-71,76H,7-66H2,1-6H3,(H,81,82)(H,83,84)/t67?,68?,69-,70-,71-/m1/s1. The number of hydrogen-bond donors (Lipinski definition) is 3. The number of esters is 4. The van der Waals surface area contributed by atoms with Gasteiger partial charge in [-0.3, -0.25) is 37.3 Å². The Morgan fingerprint density at radius 1 is 0.298 bits per heavy atom. The summed E-state index contributed by atoms with van der Waals surface area (Å²) >= 11 is 0. The second kappa shape index (κ2) is 66.9. The quantitative estimate of drug-likeness (QED) is 0.0222. The van der Waals surface area contributed by atoms with Crippen molar-refractivity contribution >= 4 is 39.5 Å². The van der Waals surface area contributed by atoms with Crippen molar-refractivity contribution in [1.29, 1.82) is 0 Å². The minimum atomic E-state index is -4.96. The van der Waals surface area contributed by atoms with Gasteiger partial charge in [0.2, 0.25) is 0 Å². The summed E-state index contributed by atoms with van der Waals surface area (Å²) in [5.41, 5.74) is 0. The predicted molar refractivity (Wildman–Crippen MR) is 381 cm³/mol. The summed E-state index contributed by atoms with van der Waals surface area (Å²) in [4.78, 5) is 72.7. The number of ether oxygens (including phenoxy) is 4.